The van der Waals surface area contributed by atoms with E-state index in [1.165, 1.54) is 31.6 Å². The lowest BCUT2D eigenvalue weighted by Crippen LogP contribution is -2.42. The molecule has 5 nitrogen and oxygen atoms in total. The van der Waals surface area contributed by atoms with Gasteiger partial charge in [0.05, 0.1) is 12.3 Å². The summed E-state index contributed by atoms with van der Waals surface area (Å²) in [5.74, 6) is -2.76. The van der Waals surface area contributed by atoms with Crippen LogP contribution in [-0.4, -0.2) is 15.9 Å². The molecule has 1 N–H and O–H groups in total. The molecule has 0 saturated heterocycles. The number of rotatable bonds is 3. The van der Waals surface area contributed by atoms with Crippen LogP contribution in [-0.2, 0) is 5.54 Å². The molecule has 106 valence electrons. The van der Waals surface area contributed by atoms with Crippen molar-refractivity contribution in [1.29, 1.82) is 5.26 Å². The molecule has 21 heavy (non-hydrogen) atoms. The molecule has 1 heterocycles. The molecule has 2 aromatic rings. The molecule has 1 aromatic heterocycles. The molecule has 0 bridgehead atoms. The predicted molar refractivity (Wildman–Crippen MR) is 68.8 cm³/mol. The molecule has 0 unspecified atom stereocenters. The quantitative estimate of drug-likeness (QED) is 0.936. The molecule has 0 aliphatic heterocycles. The minimum Gasteiger partial charge on any atom is -0.329 e. The Labute approximate surface area is 119 Å². The van der Waals surface area contributed by atoms with E-state index in [2.05, 4.69) is 15.3 Å². The zero-order valence-corrected chi connectivity index (χ0v) is 11.0. The molecule has 0 aliphatic rings. The first-order valence-corrected chi connectivity index (χ1v) is 5.91. The largest absolute Gasteiger partial charge is 0.329 e. The summed E-state index contributed by atoms with van der Waals surface area (Å²) in [6.07, 6.45) is 3.96. The number of aromatic nitrogens is 2. The molecular formula is C14H10F2N4O. The van der Waals surface area contributed by atoms with E-state index < -0.39 is 23.1 Å². The van der Waals surface area contributed by atoms with Crippen LogP contribution < -0.4 is 5.32 Å². The first kappa shape index (κ1) is 14.5. The highest BCUT2D eigenvalue weighted by molar-refractivity contribution is 5.92. The number of nitriles is 1. The average molecular weight is 288 g/mol. The standard InChI is InChI=1S/C14H10F2N4O/c1-14(8-17,9-2-3-10(15)11(16)6-9)20-13(21)12-7-18-4-5-19-12/h2-7H,1H3,(H,20,21)/t14-/m1/s1. The fraction of sp³-hybridized carbons (Fsp3) is 0.143. The molecule has 0 aliphatic carbocycles. The molecule has 0 spiro atoms. The summed E-state index contributed by atoms with van der Waals surface area (Å²) in [6, 6.07) is 4.88. The van der Waals surface area contributed by atoms with Gasteiger partial charge < -0.3 is 5.32 Å². The van der Waals surface area contributed by atoms with E-state index in [0.29, 0.717) is 0 Å². The van der Waals surface area contributed by atoms with Gasteiger partial charge in [0, 0.05) is 12.4 Å². The maximum atomic E-state index is 13.3. The van der Waals surface area contributed by atoms with Gasteiger partial charge >= 0.3 is 0 Å². The van der Waals surface area contributed by atoms with Crippen molar-refractivity contribution < 1.29 is 13.6 Å². The van der Waals surface area contributed by atoms with E-state index in [-0.39, 0.29) is 11.3 Å². The van der Waals surface area contributed by atoms with Gasteiger partial charge in [0.25, 0.3) is 5.91 Å². The average Bonchev–Trinajstić information content (AvgIpc) is 2.50. The van der Waals surface area contributed by atoms with E-state index in [1.807, 2.05) is 6.07 Å². The zero-order valence-electron chi connectivity index (χ0n) is 11.0. The maximum Gasteiger partial charge on any atom is 0.272 e. The smallest absolute Gasteiger partial charge is 0.272 e. The first-order valence-electron chi connectivity index (χ1n) is 5.91. The topological polar surface area (TPSA) is 78.7 Å². The highest BCUT2D eigenvalue weighted by Crippen LogP contribution is 2.22. The molecular weight excluding hydrogens is 278 g/mol. The Morgan fingerprint density at radius 3 is 2.67 bits per heavy atom. The van der Waals surface area contributed by atoms with Gasteiger partial charge in [0.15, 0.2) is 17.2 Å². The van der Waals surface area contributed by atoms with E-state index in [1.54, 1.807) is 0 Å². The Kier molecular flexibility index (Phi) is 3.89. The first-order chi connectivity index (χ1) is 9.96. The molecule has 1 amide bonds. The maximum absolute atomic E-state index is 13.3. The van der Waals surface area contributed by atoms with Crippen LogP contribution in [0.3, 0.4) is 0 Å². The molecule has 0 radical (unpaired) electrons. The molecule has 1 atom stereocenters. The Balaban J connectivity index is 2.32. The molecule has 2 rings (SSSR count). The van der Waals surface area contributed by atoms with Crippen molar-refractivity contribution in [3.05, 3.63) is 59.7 Å². The molecule has 1 aromatic carbocycles. The van der Waals surface area contributed by atoms with Gasteiger partial charge in [-0.05, 0) is 24.6 Å². The zero-order chi connectivity index (χ0) is 15.5. The van der Waals surface area contributed by atoms with Crippen LogP contribution in [0.25, 0.3) is 0 Å². The van der Waals surface area contributed by atoms with Crippen LogP contribution >= 0.6 is 0 Å². The summed E-state index contributed by atoms with van der Waals surface area (Å²) in [7, 11) is 0. The van der Waals surface area contributed by atoms with Crippen LogP contribution in [0.15, 0.2) is 36.8 Å². The van der Waals surface area contributed by atoms with Crippen LogP contribution in [0, 0.1) is 23.0 Å². The number of nitrogens with one attached hydrogen (secondary N) is 1. The van der Waals surface area contributed by atoms with Crippen molar-refractivity contribution in [1.82, 2.24) is 15.3 Å². The van der Waals surface area contributed by atoms with Gasteiger partial charge in [0.2, 0.25) is 0 Å². The number of halogens is 2. The summed E-state index contributed by atoms with van der Waals surface area (Å²) in [6.45, 7) is 1.38. The number of benzene rings is 1. The van der Waals surface area contributed by atoms with Gasteiger partial charge in [0.1, 0.15) is 5.69 Å². The number of amides is 1. The highest BCUT2D eigenvalue weighted by atomic mass is 19.2. The third-order valence-electron chi connectivity index (χ3n) is 2.88. The van der Waals surface area contributed by atoms with E-state index in [0.717, 1.165) is 12.1 Å². The monoisotopic (exact) mass is 288 g/mol. The molecule has 0 saturated carbocycles. The lowest BCUT2D eigenvalue weighted by Gasteiger charge is -2.23. The van der Waals surface area contributed by atoms with Gasteiger partial charge in [-0.3, -0.25) is 9.78 Å². The van der Waals surface area contributed by atoms with E-state index in [9.17, 15) is 18.8 Å². The van der Waals surface area contributed by atoms with Crippen molar-refractivity contribution in [3.63, 3.8) is 0 Å². The van der Waals surface area contributed by atoms with E-state index >= 15 is 0 Å². The fourth-order valence-corrected chi connectivity index (χ4v) is 1.68. The minimum absolute atomic E-state index is 0.0153. The van der Waals surface area contributed by atoms with Crippen molar-refractivity contribution in [2.75, 3.05) is 0 Å². The normalized spacial score (nSPS) is 13.0. The Hall–Kier alpha value is -2.88. The van der Waals surface area contributed by atoms with Crippen LogP contribution in [0.5, 0.6) is 0 Å². The Morgan fingerprint density at radius 2 is 2.10 bits per heavy atom. The third-order valence-corrected chi connectivity index (χ3v) is 2.88. The van der Waals surface area contributed by atoms with Crippen molar-refractivity contribution in [2.45, 2.75) is 12.5 Å². The van der Waals surface area contributed by atoms with Crippen molar-refractivity contribution >= 4 is 5.91 Å². The summed E-state index contributed by atoms with van der Waals surface area (Å²) >= 11 is 0. The second kappa shape index (κ2) is 5.63. The van der Waals surface area contributed by atoms with Gasteiger partial charge in [-0.1, -0.05) is 6.07 Å². The summed E-state index contributed by atoms with van der Waals surface area (Å²) in [4.78, 5) is 19.6. The van der Waals surface area contributed by atoms with Crippen molar-refractivity contribution in [3.8, 4) is 6.07 Å². The number of carbonyl (C=O) groups is 1. The summed E-state index contributed by atoms with van der Waals surface area (Å²) in [5, 5.41) is 11.7. The lowest BCUT2D eigenvalue weighted by molar-refractivity contribution is 0.0918. The number of hydrogen-bond acceptors (Lipinski definition) is 4. The Bertz CT molecular complexity index is 715. The predicted octanol–water partition coefficient (Wildman–Crippen LogP) is 1.92. The second-order valence-electron chi connectivity index (χ2n) is 4.41. The second-order valence-corrected chi connectivity index (χ2v) is 4.41. The number of nitrogens with zero attached hydrogens (tertiary/aromatic N) is 3. The Morgan fingerprint density at radius 1 is 1.33 bits per heavy atom. The highest BCUT2D eigenvalue weighted by Gasteiger charge is 2.30. The van der Waals surface area contributed by atoms with Gasteiger partial charge in [-0.25, -0.2) is 13.8 Å². The molecule has 7 heteroatoms. The van der Waals surface area contributed by atoms with Crippen LogP contribution in [0.1, 0.15) is 23.0 Å². The summed E-state index contributed by atoms with van der Waals surface area (Å²) in [5.41, 5.74) is -1.38. The van der Waals surface area contributed by atoms with Crippen LogP contribution in [0.2, 0.25) is 0 Å². The van der Waals surface area contributed by atoms with Gasteiger partial charge in [-0.2, -0.15) is 5.26 Å². The SMILES string of the molecule is C[C@](C#N)(NC(=O)c1cnccn1)c1ccc(F)c(F)c1. The van der Waals surface area contributed by atoms with Gasteiger partial charge in [-0.15, -0.1) is 0 Å². The van der Waals surface area contributed by atoms with Crippen molar-refractivity contribution in [2.24, 2.45) is 0 Å². The number of hydrogen-bond donors (Lipinski definition) is 1. The van der Waals surface area contributed by atoms with E-state index in [4.69, 9.17) is 0 Å². The fourth-order valence-electron chi connectivity index (χ4n) is 1.68. The van der Waals surface area contributed by atoms with Crippen LogP contribution in [0.4, 0.5) is 8.78 Å². The lowest BCUT2D eigenvalue weighted by atomic mass is 9.93. The summed E-state index contributed by atoms with van der Waals surface area (Å²) < 4.78 is 26.2. The molecule has 0 fully saturated rings. The number of carbonyl (C=O) groups excluding carboxylic acids is 1. The minimum atomic E-state index is -1.52. The third kappa shape index (κ3) is 3.00.